The van der Waals surface area contributed by atoms with Crippen LogP contribution in [-0.2, 0) is 4.79 Å². The minimum absolute atomic E-state index is 0.229. The molecule has 0 spiro atoms. The molecule has 1 amide bonds. The number of nitrogens with two attached hydrogens (primary N) is 1. The van der Waals surface area contributed by atoms with E-state index in [4.69, 9.17) is 5.73 Å². The molecule has 21 heavy (non-hydrogen) atoms. The summed E-state index contributed by atoms with van der Waals surface area (Å²) in [5.41, 5.74) is 6.32. The van der Waals surface area contributed by atoms with Gasteiger partial charge >= 0.3 is 0 Å². The van der Waals surface area contributed by atoms with Gasteiger partial charge in [0.1, 0.15) is 5.54 Å². The van der Waals surface area contributed by atoms with Gasteiger partial charge in [-0.15, -0.1) is 0 Å². The molecule has 1 aliphatic carbocycles. The molecule has 1 saturated carbocycles. The summed E-state index contributed by atoms with van der Waals surface area (Å²) >= 11 is 0. The maximum absolute atomic E-state index is 12.3. The molecule has 1 unspecified atom stereocenters. The molecule has 116 valence electrons. The minimum atomic E-state index is -0.625. The van der Waals surface area contributed by atoms with Crippen molar-refractivity contribution in [2.24, 2.45) is 11.7 Å². The summed E-state index contributed by atoms with van der Waals surface area (Å²) in [6, 6.07) is 10.4. The Morgan fingerprint density at radius 1 is 1.38 bits per heavy atom. The molecular formula is C17H27N3O. The highest BCUT2D eigenvalue weighted by molar-refractivity contribution is 5.86. The van der Waals surface area contributed by atoms with Gasteiger partial charge in [-0.25, -0.2) is 0 Å². The lowest BCUT2D eigenvalue weighted by Gasteiger charge is -2.39. The predicted octanol–water partition coefficient (Wildman–Crippen LogP) is 2.14. The van der Waals surface area contributed by atoms with Crippen molar-refractivity contribution < 1.29 is 4.79 Å². The van der Waals surface area contributed by atoms with Crippen LogP contribution in [0, 0.1) is 5.92 Å². The van der Waals surface area contributed by atoms with Crippen LogP contribution in [-0.4, -0.2) is 30.6 Å². The second-order valence-electron chi connectivity index (χ2n) is 6.26. The molecule has 1 aliphatic rings. The molecule has 4 nitrogen and oxygen atoms in total. The van der Waals surface area contributed by atoms with Gasteiger partial charge in [0.2, 0.25) is 5.91 Å². The third-order valence-corrected chi connectivity index (χ3v) is 4.20. The molecule has 1 atom stereocenters. The monoisotopic (exact) mass is 289 g/mol. The average Bonchev–Trinajstić information content (AvgIpc) is 3.28. The van der Waals surface area contributed by atoms with Crippen LogP contribution in [0.5, 0.6) is 0 Å². The zero-order valence-corrected chi connectivity index (χ0v) is 13.3. The van der Waals surface area contributed by atoms with Crippen molar-refractivity contribution in [1.29, 1.82) is 0 Å². The maximum Gasteiger partial charge on any atom is 0.239 e. The van der Waals surface area contributed by atoms with Crippen molar-refractivity contribution in [1.82, 2.24) is 5.32 Å². The summed E-state index contributed by atoms with van der Waals surface area (Å²) in [5.74, 6) is 0.128. The quantitative estimate of drug-likeness (QED) is 0.771. The number of para-hydroxylation sites is 1. The first-order valence-electron chi connectivity index (χ1n) is 7.87. The third-order valence-electron chi connectivity index (χ3n) is 4.20. The topological polar surface area (TPSA) is 58.4 Å². The van der Waals surface area contributed by atoms with Crippen LogP contribution < -0.4 is 16.0 Å². The number of rotatable bonds is 8. The maximum atomic E-state index is 12.3. The summed E-state index contributed by atoms with van der Waals surface area (Å²) in [6.07, 6.45) is 2.16. The Labute approximate surface area is 127 Å². The first kappa shape index (κ1) is 15.8. The number of carbonyl (C=O) groups excluding carboxylic acids is 1. The number of nitrogens with zero attached hydrogens (tertiary/aromatic N) is 1. The van der Waals surface area contributed by atoms with Gasteiger partial charge in [-0.1, -0.05) is 18.2 Å². The van der Waals surface area contributed by atoms with Gasteiger partial charge in [0.05, 0.1) is 0 Å². The van der Waals surface area contributed by atoms with Crippen LogP contribution in [0.15, 0.2) is 30.3 Å². The fourth-order valence-corrected chi connectivity index (χ4v) is 3.06. The number of anilines is 1. The molecule has 0 bridgehead atoms. The largest absolute Gasteiger partial charge is 0.369 e. The molecule has 3 N–H and O–H groups in total. The average molecular weight is 289 g/mol. The van der Waals surface area contributed by atoms with E-state index < -0.39 is 5.54 Å². The van der Waals surface area contributed by atoms with Crippen LogP contribution in [0.2, 0.25) is 0 Å². The number of primary amides is 1. The van der Waals surface area contributed by atoms with E-state index in [9.17, 15) is 4.79 Å². The number of likely N-dealkylation sites (N-methyl/N-ethyl adjacent to an activating group) is 1. The van der Waals surface area contributed by atoms with E-state index in [1.165, 1.54) is 0 Å². The fourth-order valence-electron chi connectivity index (χ4n) is 3.06. The Hall–Kier alpha value is -1.55. The van der Waals surface area contributed by atoms with Crippen LogP contribution in [0.1, 0.15) is 33.6 Å². The van der Waals surface area contributed by atoms with Crippen molar-refractivity contribution in [2.45, 2.75) is 45.2 Å². The van der Waals surface area contributed by atoms with E-state index in [-0.39, 0.29) is 11.9 Å². The Balaban J connectivity index is 2.26. The highest BCUT2D eigenvalue weighted by atomic mass is 16.1. The van der Waals surface area contributed by atoms with Gasteiger partial charge < -0.3 is 10.6 Å². The lowest BCUT2D eigenvalue weighted by atomic mass is 9.90. The second kappa shape index (κ2) is 6.48. The molecule has 1 aromatic rings. The first-order valence-corrected chi connectivity index (χ1v) is 7.87. The predicted molar refractivity (Wildman–Crippen MR) is 87.3 cm³/mol. The van der Waals surface area contributed by atoms with Crippen molar-refractivity contribution in [3.8, 4) is 0 Å². The number of hydrogen-bond donors (Lipinski definition) is 2. The van der Waals surface area contributed by atoms with Gasteiger partial charge in [-0.05, 0) is 51.7 Å². The molecule has 4 heteroatoms. The summed E-state index contributed by atoms with van der Waals surface area (Å²) in [6.45, 7) is 7.73. The number of hydrogen-bond acceptors (Lipinski definition) is 3. The molecule has 2 rings (SSSR count). The summed E-state index contributed by atoms with van der Waals surface area (Å²) in [4.78, 5) is 14.5. The standard InChI is InChI=1S/C17H27N3O/c1-4-20(15-8-6-5-7-9-15)12-17(16(18)21,14-10-11-14)19-13(2)3/h5-9,13-14,19H,4,10-12H2,1-3H3,(H2,18,21). The van der Waals surface area contributed by atoms with E-state index in [0.717, 1.165) is 25.1 Å². The summed E-state index contributed by atoms with van der Waals surface area (Å²) in [5, 5.41) is 3.47. The Bertz CT molecular complexity index is 470. The molecule has 0 saturated heterocycles. The van der Waals surface area contributed by atoms with Gasteiger partial charge in [-0.3, -0.25) is 10.1 Å². The Morgan fingerprint density at radius 3 is 2.43 bits per heavy atom. The molecule has 1 aromatic carbocycles. The highest BCUT2D eigenvalue weighted by Gasteiger charge is 2.50. The highest BCUT2D eigenvalue weighted by Crippen LogP contribution is 2.41. The van der Waals surface area contributed by atoms with Gasteiger partial charge in [-0.2, -0.15) is 0 Å². The van der Waals surface area contributed by atoms with Crippen LogP contribution >= 0.6 is 0 Å². The van der Waals surface area contributed by atoms with Crippen LogP contribution in [0.4, 0.5) is 5.69 Å². The number of amides is 1. The second-order valence-corrected chi connectivity index (χ2v) is 6.26. The number of benzene rings is 1. The zero-order chi connectivity index (χ0) is 15.5. The zero-order valence-electron chi connectivity index (χ0n) is 13.3. The Kier molecular flexibility index (Phi) is 4.88. The fraction of sp³-hybridized carbons (Fsp3) is 0.588. The van der Waals surface area contributed by atoms with E-state index in [2.05, 4.69) is 43.1 Å². The normalized spacial score (nSPS) is 17.5. The van der Waals surface area contributed by atoms with Crippen molar-refractivity contribution in [3.63, 3.8) is 0 Å². The molecule has 0 radical (unpaired) electrons. The van der Waals surface area contributed by atoms with Crippen LogP contribution in [0.25, 0.3) is 0 Å². The van der Waals surface area contributed by atoms with E-state index in [0.29, 0.717) is 12.5 Å². The first-order chi connectivity index (χ1) is 9.99. The van der Waals surface area contributed by atoms with Gasteiger partial charge in [0.15, 0.2) is 0 Å². The SMILES string of the molecule is CCN(CC(NC(C)C)(C(N)=O)C1CC1)c1ccccc1. The van der Waals surface area contributed by atoms with E-state index in [1.54, 1.807) is 0 Å². The summed E-state index contributed by atoms with van der Waals surface area (Å²) < 4.78 is 0. The van der Waals surface area contributed by atoms with Crippen LogP contribution in [0.3, 0.4) is 0 Å². The van der Waals surface area contributed by atoms with Gasteiger partial charge in [0, 0.05) is 24.8 Å². The molecule has 0 aliphatic heterocycles. The molecular weight excluding hydrogens is 262 g/mol. The number of carbonyl (C=O) groups is 1. The third kappa shape index (κ3) is 3.56. The van der Waals surface area contributed by atoms with E-state index >= 15 is 0 Å². The Morgan fingerprint density at radius 2 is 2.00 bits per heavy atom. The van der Waals surface area contributed by atoms with E-state index in [1.807, 2.05) is 18.2 Å². The molecule has 1 fully saturated rings. The molecule has 0 aromatic heterocycles. The van der Waals surface area contributed by atoms with Crippen molar-refractivity contribution in [2.75, 3.05) is 18.0 Å². The smallest absolute Gasteiger partial charge is 0.239 e. The summed E-state index contributed by atoms with van der Waals surface area (Å²) in [7, 11) is 0. The molecule has 0 heterocycles. The van der Waals surface area contributed by atoms with Crippen molar-refractivity contribution >= 4 is 11.6 Å². The lowest BCUT2D eigenvalue weighted by molar-refractivity contribution is -0.125. The lowest BCUT2D eigenvalue weighted by Crippen LogP contribution is -2.65. The van der Waals surface area contributed by atoms with Crippen molar-refractivity contribution in [3.05, 3.63) is 30.3 Å². The minimum Gasteiger partial charge on any atom is -0.369 e. The number of nitrogens with one attached hydrogen (secondary N) is 1. The van der Waals surface area contributed by atoms with Gasteiger partial charge in [0.25, 0.3) is 0 Å².